The maximum atomic E-state index is 12.5. The lowest BCUT2D eigenvalue weighted by Crippen LogP contribution is -2.15. The average Bonchev–Trinajstić information content (AvgIpc) is 3.11. The van der Waals surface area contributed by atoms with Gasteiger partial charge in [0.1, 0.15) is 12.0 Å². The molecule has 0 aliphatic carbocycles. The Balaban J connectivity index is 1.83. The van der Waals surface area contributed by atoms with Gasteiger partial charge in [0, 0.05) is 43.8 Å². The number of carbonyl (C=O) groups is 1. The standard InChI is InChI=1S/C18H20N6O/c1-4-24-12-20-22-17(24)13-6-5-7-14(10-13)21-18(25)16-11-15(23(2)3)8-9-19-16/h5-12H,4H2,1-3H3,(H,21,25). The zero-order chi connectivity index (χ0) is 17.8. The number of hydrogen-bond acceptors (Lipinski definition) is 5. The van der Waals surface area contributed by atoms with Crippen LogP contribution in [0, 0.1) is 0 Å². The molecule has 25 heavy (non-hydrogen) atoms. The van der Waals surface area contributed by atoms with E-state index in [4.69, 9.17) is 0 Å². The second kappa shape index (κ2) is 7.12. The van der Waals surface area contributed by atoms with Crippen molar-refractivity contribution in [2.45, 2.75) is 13.5 Å². The van der Waals surface area contributed by atoms with E-state index in [-0.39, 0.29) is 5.91 Å². The molecular formula is C18H20N6O. The fraction of sp³-hybridized carbons (Fsp3) is 0.222. The molecule has 0 atom stereocenters. The van der Waals surface area contributed by atoms with Crippen molar-refractivity contribution in [1.29, 1.82) is 0 Å². The van der Waals surface area contributed by atoms with E-state index >= 15 is 0 Å². The van der Waals surface area contributed by atoms with Crippen LogP contribution in [0.25, 0.3) is 11.4 Å². The molecule has 128 valence electrons. The Hall–Kier alpha value is -3.22. The Kier molecular flexibility index (Phi) is 4.74. The quantitative estimate of drug-likeness (QED) is 0.775. The molecule has 7 nitrogen and oxygen atoms in total. The number of pyridine rings is 1. The molecule has 0 fully saturated rings. The van der Waals surface area contributed by atoms with Gasteiger partial charge in [0.25, 0.3) is 5.91 Å². The van der Waals surface area contributed by atoms with E-state index in [0.29, 0.717) is 11.4 Å². The van der Waals surface area contributed by atoms with Crippen molar-refractivity contribution in [1.82, 2.24) is 19.7 Å². The highest BCUT2D eigenvalue weighted by Crippen LogP contribution is 2.21. The Morgan fingerprint density at radius 1 is 1.24 bits per heavy atom. The zero-order valence-electron chi connectivity index (χ0n) is 14.5. The van der Waals surface area contributed by atoms with E-state index in [0.717, 1.165) is 23.6 Å². The molecule has 0 spiro atoms. The summed E-state index contributed by atoms with van der Waals surface area (Å²) in [6.45, 7) is 2.81. The van der Waals surface area contributed by atoms with E-state index in [1.165, 1.54) is 0 Å². The smallest absolute Gasteiger partial charge is 0.274 e. The Bertz CT molecular complexity index is 887. The number of amides is 1. The summed E-state index contributed by atoms with van der Waals surface area (Å²) in [6.07, 6.45) is 3.32. The highest BCUT2D eigenvalue weighted by Gasteiger charge is 2.11. The maximum absolute atomic E-state index is 12.5. The van der Waals surface area contributed by atoms with Gasteiger partial charge in [-0.3, -0.25) is 9.78 Å². The first-order valence-electron chi connectivity index (χ1n) is 8.01. The van der Waals surface area contributed by atoms with Crippen LogP contribution in [0.1, 0.15) is 17.4 Å². The predicted octanol–water partition coefficient (Wildman–Crippen LogP) is 2.68. The highest BCUT2D eigenvalue weighted by atomic mass is 16.1. The molecule has 0 bridgehead atoms. The monoisotopic (exact) mass is 336 g/mol. The zero-order valence-corrected chi connectivity index (χ0v) is 14.5. The fourth-order valence-electron chi connectivity index (χ4n) is 2.46. The first kappa shape index (κ1) is 16.6. The molecular weight excluding hydrogens is 316 g/mol. The minimum atomic E-state index is -0.252. The molecule has 0 unspecified atom stereocenters. The van der Waals surface area contributed by atoms with E-state index in [2.05, 4.69) is 20.5 Å². The number of hydrogen-bond donors (Lipinski definition) is 1. The molecule has 2 aromatic heterocycles. The summed E-state index contributed by atoms with van der Waals surface area (Å²) in [5, 5.41) is 11.0. The molecule has 0 aliphatic heterocycles. The van der Waals surface area contributed by atoms with Crippen LogP contribution in [-0.2, 0) is 6.54 Å². The van der Waals surface area contributed by atoms with Crippen LogP contribution < -0.4 is 10.2 Å². The molecule has 2 heterocycles. The molecule has 0 saturated heterocycles. The third-order valence-corrected chi connectivity index (χ3v) is 3.83. The Morgan fingerprint density at radius 3 is 2.84 bits per heavy atom. The van der Waals surface area contributed by atoms with Gasteiger partial charge in [-0.2, -0.15) is 0 Å². The summed E-state index contributed by atoms with van der Waals surface area (Å²) in [4.78, 5) is 18.6. The normalized spacial score (nSPS) is 10.5. The van der Waals surface area contributed by atoms with Gasteiger partial charge < -0.3 is 14.8 Å². The lowest BCUT2D eigenvalue weighted by Gasteiger charge is -2.13. The lowest BCUT2D eigenvalue weighted by molar-refractivity contribution is 0.102. The topological polar surface area (TPSA) is 75.9 Å². The summed E-state index contributed by atoms with van der Waals surface area (Å²) in [7, 11) is 3.84. The van der Waals surface area contributed by atoms with E-state index in [1.807, 2.05) is 60.8 Å². The van der Waals surface area contributed by atoms with Crippen molar-refractivity contribution in [2.75, 3.05) is 24.3 Å². The summed E-state index contributed by atoms with van der Waals surface area (Å²) in [6, 6.07) is 11.1. The maximum Gasteiger partial charge on any atom is 0.274 e. The Labute approximate surface area is 146 Å². The molecule has 0 saturated carbocycles. The van der Waals surface area contributed by atoms with Crippen LogP contribution in [0.2, 0.25) is 0 Å². The first-order chi connectivity index (χ1) is 12.1. The summed E-state index contributed by atoms with van der Waals surface area (Å²) in [5.74, 6) is 0.518. The van der Waals surface area contributed by atoms with Gasteiger partial charge in [-0.1, -0.05) is 12.1 Å². The number of aryl methyl sites for hydroxylation is 1. The molecule has 3 aromatic rings. The van der Waals surface area contributed by atoms with Gasteiger partial charge in [0.15, 0.2) is 5.82 Å². The van der Waals surface area contributed by atoms with Gasteiger partial charge >= 0.3 is 0 Å². The highest BCUT2D eigenvalue weighted by molar-refractivity contribution is 6.03. The van der Waals surface area contributed by atoms with Gasteiger partial charge in [-0.05, 0) is 31.2 Å². The molecule has 1 aromatic carbocycles. The van der Waals surface area contributed by atoms with Crippen molar-refractivity contribution in [3.05, 3.63) is 54.6 Å². The van der Waals surface area contributed by atoms with Crippen LogP contribution in [0.3, 0.4) is 0 Å². The lowest BCUT2D eigenvalue weighted by atomic mass is 10.2. The van der Waals surface area contributed by atoms with Gasteiger partial charge in [-0.15, -0.1) is 10.2 Å². The molecule has 3 rings (SSSR count). The summed E-state index contributed by atoms with van der Waals surface area (Å²) >= 11 is 0. The van der Waals surface area contributed by atoms with Crippen molar-refractivity contribution >= 4 is 17.3 Å². The predicted molar refractivity (Wildman–Crippen MR) is 97.6 cm³/mol. The third-order valence-electron chi connectivity index (χ3n) is 3.83. The van der Waals surface area contributed by atoms with E-state index in [1.54, 1.807) is 18.6 Å². The minimum Gasteiger partial charge on any atom is -0.378 e. The van der Waals surface area contributed by atoms with Crippen LogP contribution in [-0.4, -0.2) is 39.8 Å². The van der Waals surface area contributed by atoms with Crippen molar-refractivity contribution in [2.24, 2.45) is 0 Å². The van der Waals surface area contributed by atoms with Crippen molar-refractivity contribution in [3.8, 4) is 11.4 Å². The number of nitrogens with zero attached hydrogens (tertiary/aromatic N) is 5. The molecule has 0 radical (unpaired) electrons. The van der Waals surface area contributed by atoms with Crippen LogP contribution in [0.5, 0.6) is 0 Å². The van der Waals surface area contributed by atoms with Gasteiger partial charge in [0.2, 0.25) is 0 Å². The number of carbonyl (C=O) groups excluding carboxylic acids is 1. The van der Waals surface area contributed by atoms with Crippen molar-refractivity contribution in [3.63, 3.8) is 0 Å². The average molecular weight is 336 g/mol. The number of nitrogens with one attached hydrogen (secondary N) is 1. The van der Waals surface area contributed by atoms with Crippen LogP contribution in [0.4, 0.5) is 11.4 Å². The number of rotatable bonds is 5. The SMILES string of the molecule is CCn1cnnc1-c1cccc(NC(=O)c2cc(N(C)C)ccn2)c1. The summed E-state index contributed by atoms with van der Waals surface area (Å²) in [5.41, 5.74) is 2.87. The molecule has 7 heteroatoms. The third kappa shape index (κ3) is 3.65. The Morgan fingerprint density at radius 2 is 2.08 bits per heavy atom. The summed E-state index contributed by atoms with van der Waals surface area (Å²) < 4.78 is 1.95. The van der Waals surface area contributed by atoms with Crippen molar-refractivity contribution < 1.29 is 4.79 Å². The van der Waals surface area contributed by atoms with Crippen LogP contribution >= 0.6 is 0 Å². The molecule has 0 aliphatic rings. The minimum absolute atomic E-state index is 0.252. The first-order valence-corrected chi connectivity index (χ1v) is 8.01. The second-order valence-corrected chi connectivity index (χ2v) is 5.77. The van der Waals surface area contributed by atoms with E-state index < -0.39 is 0 Å². The number of anilines is 2. The van der Waals surface area contributed by atoms with Crippen LogP contribution in [0.15, 0.2) is 48.9 Å². The fourth-order valence-corrected chi connectivity index (χ4v) is 2.46. The second-order valence-electron chi connectivity index (χ2n) is 5.77. The largest absolute Gasteiger partial charge is 0.378 e. The molecule has 1 amide bonds. The molecule has 1 N–H and O–H groups in total. The van der Waals surface area contributed by atoms with Gasteiger partial charge in [-0.25, -0.2) is 0 Å². The van der Waals surface area contributed by atoms with Gasteiger partial charge in [0.05, 0.1) is 0 Å². The van der Waals surface area contributed by atoms with E-state index in [9.17, 15) is 4.79 Å². The number of benzene rings is 1. The number of aromatic nitrogens is 4.